The lowest BCUT2D eigenvalue weighted by Crippen LogP contribution is -2.01. The number of halogens is 2. The Balaban J connectivity index is 1.48. The van der Waals surface area contributed by atoms with E-state index < -0.39 is 9.84 Å². The Morgan fingerprint density at radius 3 is 1.87 bits per heavy atom. The van der Waals surface area contributed by atoms with Crippen molar-refractivity contribution >= 4 is 58.0 Å². The summed E-state index contributed by atoms with van der Waals surface area (Å²) in [5.41, 5.74) is 2.76. The Hall–Kier alpha value is -2.33. The fourth-order valence-electron chi connectivity index (χ4n) is 3.16. The van der Waals surface area contributed by atoms with Crippen LogP contribution in [0.5, 0.6) is 0 Å². The summed E-state index contributed by atoms with van der Waals surface area (Å²) < 4.78 is 29.4. The first-order valence-corrected chi connectivity index (χ1v) is 13.1. The normalized spacial score (nSPS) is 11.8. The van der Waals surface area contributed by atoms with Gasteiger partial charge in [-0.1, -0.05) is 44.0 Å². The van der Waals surface area contributed by atoms with Gasteiger partial charge in [-0.15, -0.1) is 16.4 Å². The molecule has 0 unspecified atom stereocenters. The summed E-state index contributed by atoms with van der Waals surface area (Å²) in [5.74, 6) is 0.554. The molecule has 9 heteroatoms. The van der Waals surface area contributed by atoms with E-state index in [2.05, 4.69) is 41.9 Å². The average Bonchev–Trinajstić information content (AvgIpc) is 3.36. The second-order valence-corrected chi connectivity index (χ2v) is 11.4. The van der Waals surface area contributed by atoms with Gasteiger partial charge in [-0.2, -0.15) is 4.98 Å². The molecule has 5 aromatic rings. The number of sulfone groups is 1. The number of benzene rings is 3. The van der Waals surface area contributed by atoms with Crippen LogP contribution in [0, 0.1) is 0 Å². The van der Waals surface area contributed by atoms with Gasteiger partial charge >= 0.3 is 0 Å². The number of rotatable bonds is 4. The molecule has 0 atom stereocenters. The SMILES string of the molecule is O=S(=O)(c1ccc(Br)cc1)c1ccc(-c2nc3scc(-c4ccc(Br)cc4)n3n2)cc1. The van der Waals surface area contributed by atoms with Gasteiger partial charge in [-0.25, -0.2) is 12.9 Å². The van der Waals surface area contributed by atoms with Crippen molar-refractivity contribution in [3.8, 4) is 22.6 Å². The second kappa shape index (κ2) is 7.98. The molecule has 0 aliphatic rings. The largest absolute Gasteiger partial charge is 0.219 e. The van der Waals surface area contributed by atoms with Crippen LogP contribution in [0.1, 0.15) is 0 Å². The number of nitrogens with zero attached hydrogens (tertiary/aromatic N) is 3. The maximum absolute atomic E-state index is 12.9. The Bertz CT molecular complexity index is 1490. The summed E-state index contributed by atoms with van der Waals surface area (Å²) in [5, 5.41) is 6.68. The molecular weight excluding hydrogens is 562 g/mol. The quantitative estimate of drug-likeness (QED) is 0.246. The van der Waals surface area contributed by atoms with E-state index in [1.807, 2.05) is 34.2 Å². The van der Waals surface area contributed by atoms with Crippen molar-refractivity contribution < 1.29 is 8.42 Å². The number of aromatic nitrogens is 3. The molecule has 31 heavy (non-hydrogen) atoms. The minimum atomic E-state index is -3.58. The van der Waals surface area contributed by atoms with Crippen molar-refractivity contribution in [1.82, 2.24) is 14.6 Å². The van der Waals surface area contributed by atoms with E-state index in [4.69, 9.17) is 0 Å². The van der Waals surface area contributed by atoms with Crippen LogP contribution in [0.25, 0.3) is 27.6 Å². The van der Waals surface area contributed by atoms with Crippen molar-refractivity contribution in [3.63, 3.8) is 0 Å². The van der Waals surface area contributed by atoms with Gasteiger partial charge in [0.2, 0.25) is 14.8 Å². The van der Waals surface area contributed by atoms with Crippen LogP contribution in [0.3, 0.4) is 0 Å². The van der Waals surface area contributed by atoms with Crippen molar-refractivity contribution in [1.29, 1.82) is 0 Å². The molecule has 0 bridgehead atoms. The molecule has 154 valence electrons. The van der Waals surface area contributed by atoms with Crippen LogP contribution in [0.4, 0.5) is 0 Å². The van der Waals surface area contributed by atoms with E-state index in [-0.39, 0.29) is 9.79 Å². The highest BCUT2D eigenvalue weighted by Crippen LogP contribution is 2.29. The average molecular weight is 575 g/mol. The predicted octanol–water partition coefficient (Wildman–Crippen LogP) is 6.48. The predicted molar refractivity (Wildman–Crippen MR) is 129 cm³/mol. The highest BCUT2D eigenvalue weighted by molar-refractivity contribution is 9.10. The summed E-state index contributed by atoms with van der Waals surface area (Å²) >= 11 is 8.29. The fraction of sp³-hybridized carbons (Fsp3) is 0. The highest BCUT2D eigenvalue weighted by atomic mass is 79.9. The molecule has 0 amide bonds. The lowest BCUT2D eigenvalue weighted by molar-refractivity contribution is 0.596. The molecule has 2 heterocycles. The zero-order valence-corrected chi connectivity index (χ0v) is 20.5. The monoisotopic (exact) mass is 573 g/mol. The minimum absolute atomic E-state index is 0.232. The lowest BCUT2D eigenvalue weighted by Gasteiger charge is -2.05. The number of fused-ring (bicyclic) bond motifs is 1. The van der Waals surface area contributed by atoms with E-state index >= 15 is 0 Å². The van der Waals surface area contributed by atoms with Gasteiger partial charge < -0.3 is 0 Å². The number of hydrogen-bond acceptors (Lipinski definition) is 5. The van der Waals surface area contributed by atoms with Gasteiger partial charge in [-0.05, 0) is 60.7 Å². The van der Waals surface area contributed by atoms with E-state index in [0.29, 0.717) is 5.82 Å². The van der Waals surface area contributed by atoms with Crippen molar-refractivity contribution in [2.45, 2.75) is 9.79 Å². The third-order valence-electron chi connectivity index (χ3n) is 4.77. The van der Waals surface area contributed by atoms with E-state index in [1.165, 1.54) is 11.3 Å². The molecular formula is C22H13Br2N3O2S2. The van der Waals surface area contributed by atoms with Gasteiger partial charge in [0.05, 0.1) is 15.5 Å². The van der Waals surface area contributed by atoms with Gasteiger partial charge in [-0.3, -0.25) is 0 Å². The second-order valence-electron chi connectivity index (χ2n) is 6.74. The van der Waals surface area contributed by atoms with Crippen molar-refractivity contribution in [2.75, 3.05) is 0 Å². The molecule has 0 spiro atoms. The van der Waals surface area contributed by atoms with Crippen molar-refractivity contribution in [3.05, 3.63) is 87.1 Å². The van der Waals surface area contributed by atoms with Crippen LogP contribution in [-0.4, -0.2) is 23.0 Å². The molecule has 0 radical (unpaired) electrons. The lowest BCUT2D eigenvalue weighted by atomic mass is 10.2. The molecule has 0 fully saturated rings. The first kappa shape index (κ1) is 20.6. The van der Waals surface area contributed by atoms with E-state index in [0.717, 1.165) is 30.7 Å². The Morgan fingerprint density at radius 1 is 0.742 bits per heavy atom. The van der Waals surface area contributed by atoms with Gasteiger partial charge in [0.25, 0.3) is 0 Å². The summed E-state index contributed by atoms with van der Waals surface area (Å²) in [4.78, 5) is 5.87. The number of hydrogen-bond donors (Lipinski definition) is 0. The van der Waals surface area contributed by atoms with Gasteiger partial charge in [0.15, 0.2) is 5.82 Å². The molecule has 0 aliphatic heterocycles. The minimum Gasteiger partial charge on any atom is -0.219 e. The molecule has 5 nitrogen and oxygen atoms in total. The third kappa shape index (κ3) is 3.87. The zero-order chi connectivity index (χ0) is 21.6. The highest BCUT2D eigenvalue weighted by Gasteiger charge is 2.18. The maximum atomic E-state index is 12.9. The fourth-order valence-corrected chi connectivity index (χ4v) is 5.78. The van der Waals surface area contributed by atoms with Crippen LogP contribution < -0.4 is 0 Å². The molecule has 2 aromatic heterocycles. The first-order valence-electron chi connectivity index (χ1n) is 9.13. The van der Waals surface area contributed by atoms with Crippen molar-refractivity contribution in [2.24, 2.45) is 0 Å². The summed E-state index contributed by atoms with van der Waals surface area (Å²) in [6, 6.07) is 21.3. The Morgan fingerprint density at radius 2 is 1.26 bits per heavy atom. The van der Waals surface area contributed by atoms with Crippen LogP contribution in [-0.2, 0) is 9.84 Å². The van der Waals surface area contributed by atoms with Crippen LogP contribution in [0.15, 0.2) is 96.9 Å². The Labute approximate surface area is 199 Å². The van der Waals surface area contributed by atoms with Crippen LogP contribution >= 0.6 is 43.2 Å². The molecule has 0 saturated carbocycles. The van der Waals surface area contributed by atoms with E-state index in [9.17, 15) is 8.42 Å². The molecule has 0 aliphatic carbocycles. The topological polar surface area (TPSA) is 64.3 Å². The number of thiazole rings is 1. The van der Waals surface area contributed by atoms with Crippen LogP contribution in [0.2, 0.25) is 0 Å². The molecule has 0 N–H and O–H groups in total. The summed E-state index contributed by atoms with van der Waals surface area (Å²) in [7, 11) is -3.58. The third-order valence-corrected chi connectivity index (χ3v) is 8.43. The smallest absolute Gasteiger partial charge is 0.213 e. The van der Waals surface area contributed by atoms with Gasteiger partial charge in [0.1, 0.15) is 0 Å². The molecule has 3 aromatic carbocycles. The summed E-state index contributed by atoms with van der Waals surface area (Å²) in [6.45, 7) is 0. The molecule has 0 saturated heterocycles. The first-order chi connectivity index (χ1) is 14.9. The standard InChI is InChI=1S/C22H13Br2N3O2S2/c23-16-5-1-14(2-6-16)20-13-30-22-25-21(26-27(20)22)15-3-9-18(10-4-15)31(28,29)19-11-7-17(24)8-12-19/h1-13H. The Kier molecular flexibility index (Phi) is 5.29. The zero-order valence-electron chi connectivity index (χ0n) is 15.7. The summed E-state index contributed by atoms with van der Waals surface area (Å²) in [6.07, 6.45) is 0. The molecule has 5 rings (SSSR count). The van der Waals surface area contributed by atoms with E-state index in [1.54, 1.807) is 48.5 Å². The van der Waals surface area contributed by atoms with Gasteiger partial charge in [0, 0.05) is 25.5 Å². The maximum Gasteiger partial charge on any atom is 0.213 e.